The molecule has 0 amide bonds. The van der Waals surface area contributed by atoms with E-state index in [1.807, 2.05) is 0 Å². The van der Waals surface area contributed by atoms with Crippen LogP contribution in [0, 0.1) is 41.2 Å². The van der Waals surface area contributed by atoms with E-state index in [2.05, 4.69) is 9.69 Å². The van der Waals surface area contributed by atoms with Gasteiger partial charge < -0.3 is 14.0 Å². The molecule has 3 rings (SSSR count). The fourth-order valence-corrected chi connectivity index (χ4v) is 1.90. The van der Waals surface area contributed by atoms with Gasteiger partial charge in [-0.1, -0.05) is 0 Å². The van der Waals surface area contributed by atoms with Crippen LogP contribution in [0.25, 0.3) is 9.69 Å². The molecule has 0 aliphatic carbocycles. The average Bonchev–Trinajstić information content (AvgIpc) is 2.43. The highest BCUT2D eigenvalue weighted by molar-refractivity contribution is 6.38. The Kier molecular flexibility index (Phi) is 2.89. The molecule has 2 bridgehead atoms. The van der Waals surface area contributed by atoms with Crippen LogP contribution >= 0.6 is 0 Å². The molecule has 0 aromatic carbocycles. The molecule has 0 aromatic heterocycles. The molecule has 3 saturated heterocycles. The minimum atomic E-state index is -1.14. The molecule has 0 N–H and O–H groups in total. The predicted molar refractivity (Wildman–Crippen MR) is 60.5 cm³/mol. The highest BCUT2D eigenvalue weighted by Crippen LogP contribution is 2.48. The standard InChI is InChI=1S/C11H5BN4O3/c1-11-6-17-12(18-9(11)7(4-13)15-2)19-10(11)8(5-14)16-3/h6H2,1H3/b9-7+,10-8+. The van der Waals surface area contributed by atoms with Gasteiger partial charge in [0, 0.05) is 0 Å². The lowest BCUT2D eigenvalue weighted by Gasteiger charge is -2.45. The second-order valence-corrected chi connectivity index (χ2v) is 3.97. The fraction of sp³-hybridized carbons (Fsp3) is 0.273. The second-order valence-electron chi connectivity index (χ2n) is 3.97. The Morgan fingerprint density at radius 1 is 1.21 bits per heavy atom. The molecule has 3 aliphatic rings. The first kappa shape index (κ1) is 12.5. The SMILES string of the molecule is [C-]#[N+]/C(C#N)=C1/OB2OCC1(C)/C(=C(/C#N)[N+]#[C-])O2. The minimum absolute atomic E-state index is 0.0731. The molecule has 90 valence electrons. The molecule has 0 spiro atoms. The summed E-state index contributed by atoms with van der Waals surface area (Å²) in [6.45, 7) is 15.6. The molecule has 19 heavy (non-hydrogen) atoms. The summed E-state index contributed by atoms with van der Waals surface area (Å²) in [4.78, 5) is 6.18. The van der Waals surface area contributed by atoms with Crippen LogP contribution in [0.3, 0.4) is 0 Å². The summed E-state index contributed by atoms with van der Waals surface area (Å²) in [6, 6.07) is 3.47. The summed E-state index contributed by atoms with van der Waals surface area (Å²) in [6.07, 6.45) is 0. The van der Waals surface area contributed by atoms with Crippen LogP contribution in [0.5, 0.6) is 0 Å². The van der Waals surface area contributed by atoms with E-state index in [4.69, 9.17) is 37.6 Å². The van der Waals surface area contributed by atoms with Crippen molar-refractivity contribution in [2.45, 2.75) is 6.92 Å². The van der Waals surface area contributed by atoms with Crippen LogP contribution in [0.1, 0.15) is 6.92 Å². The van der Waals surface area contributed by atoms with Crippen LogP contribution < -0.4 is 0 Å². The van der Waals surface area contributed by atoms with E-state index in [9.17, 15) is 0 Å². The molecule has 0 saturated carbocycles. The largest absolute Gasteiger partial charge is 0.785 e. The Balaban J connectivity index is 2.70. The van der Waals surface area contributed by atoms with E-state index in [-0.39, 0.29) is 29.5 Å². The van der Waals surface area contributed by atoms with E-state index in [1.54, 1.807) is 19.1 Å². The summed E-state index contributed by atoms with van der Waals surface area (Å²) >= 11 is 0. The molecule has 0 atom stereocenters. The number of hydrogen-bond acceptors (Lipinski definition) is 5. The average molecular weight is 252 g/mol. The van der Waals surface area contributed by atoms with Crippen molar-refractivity contribution in [2.75, 3.05) is 6.61 Å². The summed E-state index contributed by atoms with van der Waals surface area (Å²) in [7, 11) is -1.14. The van der Waals surface area contributed by atoms with Gasteiger partial charge in [0.05, 0.1) is 37.3 Å². The normalized spacial score (nSPS) is 23.7. The third-order valence-corrected chi connectivity index (χ3v) is 2.80. The van der Waals surface area contributed by atoms with Crippen molar-refractivity contribution in [1.29, 1.82) is 10.5 Å². The van der Waals surface area contributed by atoms with Crippen molar-refractivity contribution in [1.82, 2.24) is 0 Å². The van der Waals surface area contributed by atoms with E-state index < -0.39 is 12.7 Å². The van der Waals surface area contributed by atoms with E-state index in [0.29, 0.717) is 0 Å². The molecule has 7 nitrogen and oxygen atoms in total. The van der Waals surface area contributed by atoms with Gasteiger partial charge in [-0.2, -0.15) is 0 Å². The van der Waals surface area contributed by atoms with E-state index >= 15 is 0 Å². The van der Waals surface area contributed by atoms with Crippen molar-refractivity contribution >= 4 is 7.32 Å². The molecular formula is C11H5BN4O3. The Labute approximate surface area is 109 Å². The molecule has 0 aromatic rings. The highest BCUT2D eigenvalue weighted by Gasteiger charge is 2.56. The third kappa shape index (κ3) is 1.69. The van der Waals surface area contributed by atoms with Crippen LogP contribution in [0.15, 0.2) is 22.9 Å². The van der Waals surface area contributed by atoms with Crippen LogP contribution in [-0.2, 0) is 14.0 Å². The van der Waals surface area contributed by atoms with Gasteiger partial charge in [-0.25, -0.2) is 20.2 Å². The number of hydrogen-bond donors (Lipinski definition) is 0. The first-order valence-corrected chi connectivity index (χ1v) is 5.10. The number of nitrogens with zero attached hydrogens (tertiary/aromatic N) is 4. The Morgan fingerprint density at radius 3 is 2.05 bits per heavy atom. The summed E-state index contributed by atoms with van der Waals surface area (Å²) in [5.74, 6) is 0.165. The number of rotatable bonds is 0. The van der Waals surface area contributed by atoms with Crippen molar-refractivity contribution in [2.24, 2.45) is 5.41 Å². The predicted octanol–water partition coefficient (Wildman–Crippen LogP) is 1.36. The van der Waals surface area contributed by atoms with E-state index in [1.165, 1.54) is 0 Å². The van der Waals surface area contributed by atoms with E-state index in [0.717, 1.165) is 0 Å². The number of nitriles is 2. The Hall–Kier alpha value is -2.94. The third-order valence-electron chi connectivity index (χ3n) is 2.80. The van der Waals surface area contributed by atoms with Gasteiger partial charge in [0.2, 0.25) is 0 Å². The Morgan fingerprint density at radius 2 is 1.68 bits per heavy atom. The number of allylic oxidation sites excluding steroid dienone is 2. The minimum Gasteiger partial charge on any atom is -0.511 e. The molecule has 3 heterocycles. The van der Waals surface area contributed by atoms with Gasteiger partial charge in [-0.05, 0) is 6.92 Å². The maximum atomic E-state index is 8.94. The zero-order valence-corrected chi connectivity index (χ0v) is 9.80. The van der Waals surface area contributed by atoms with Gasteiger partial charge >= 0.3 is 7.32 Å². The zero-order chi connectivity index (χ0) is 14.0. The lowest BCUT2D eigenvalue weighted by Crippen LogP contribution is -2.51. The monoisotopic (exact) mass is 252 g/mol. The Bertz CT molecular complexity index is 584. The lowest BCUT2D eigenvalue weighted by atomic mass is 9.79. The quantitative estimate of drug-likeness (QED) is 0.369. The first-order chi connectivity index (χ1) is 9.10. The summed E-state index contributed by atoms with van der Waals surface area (Å²) < 4.78 is 15.7. The smallest absolute Gasteiger partial charge is 0.511 e. The highest BCUT2D eigenvalue weighted by atomic mass is 16.8. The fourth-order valence-electron chi connectivity index (χ4n) is 1.90. The molecule has 0 unspecified atom stereocenters. The van der Waals surface area contributed by atoms with Gasteiger partial charge in [-0.3, -0.25) is 0 Å². The van der Waals surface area contributed by atoms with Crippen LogP contribution in [-0.4, -0.2) is 13.9 Å². The van der Waals surface area contributed by atoms with Crippen molar-refractivity contribution in [3.8, 4) is 12.1 Å². The molecule has 3 fully saturated rings. The van der Waals surface area contributed by atoms with Crippen molar-refractivity contribution in [3.05, 3.63) is 45.7 Å². The molecule has 3 aliphatic heterocycles. The maximum absolute atomic E-state index is 8.94. The maximum Gasteiger partial charge on any atom is 0.785 e. The topological polar surface area (TPSA) is 84.0 Å². The van der Waals surface area contributed by atoms with Crippen molar-refractivity contribution < 1.29 is 14.0 Å². The van der Waals surface area contributed by atoms with Crippen molar-refractivity contribution in [3.63, 3.8) is 0 Å². The first-order valence-electron chi connectivity index (χ1n) is 5.10. The van der Waals surface area contributed by atoms with Crippen LogP contribution in [0.4, 0.5) is 0 Å². The van der Waals surface area contributed by atoms with Gasteiger partial charge in [-0.15, -0.1) is 0 Å². The molecule has 0 radical (unpaired) electrons. The summed E-state index contributed by atoms with van der Waals surface area (Å²) in [5.41, 5.74) is -1.59. The molecular weight excluding hydrogens is 247 g/mol. The second kappa shape index (κ2) is 4.39. The van der Waals surface area contributed by atoms with Gasteiger partial charge in [0.15, 0.2) is 0 Å². The zero-order valence-electron chi connectivity index (χ0n) is 9.80. The number of fused-ring (bicyclic) bond motifs is 3. The van der Waals surface area contributed by atoms with Gasteiger partial charge in [0.1, 0.15) is 11.5 Å². The lowest BCUT2D eigenvalue weighted by molar-refractivity contribution is -0.0261. The summed E-state index contributed by atoms with van der Waals surface area (Å²) in [5, 5.41) is 17.9. The van der Waals surface area contributed by atoms with Crippen LogP contribution in [0.2, 0.25) is 0 Å². The van der Waals surface area contributed by atoms with Gasteiger partial charge in [0.25, 0.3) is 11.4 Å². The molecule has 8 heteroatoms.